The number of aromatic nitrogens is 1. The Kier molecular flexibility index (Phi) is 7.88. The molecular formula is C34H36N2O3. The van der Waals surface area contributed by atoms with Crippen molar-refractivity contribution in [3.63, 3.8) is 0 Å². The molecule has 1 aliphatic rings. The summed E-state index contributed by atoms with van der Waals surface area (Å²) in [4.78, 5) is 7.00. The molecule has 5 rings (SSSR count). The van der Waals surface area contributed by atoms with E-state index in [2.05, 4.69) is 41.0 Å². The van der Waals surface area contributed by atoms with E-state index < -0.39 is 11.5 Å². The lowest BCUT2D eigenvalue weighted by atomic mass is 9.71. The number of benzene rings is 3. The van der Waals surface area contributed by atoms with E-state index in [4.69, 9.17) is 14.5 Å². The van der Waals surface area contributed by atoms with Crippen molar-refractivity contribution >= 4 is 10.9 Å². The number of hydrogen-bond acceptors (Lipinski definition) is 5. The van der Waals surface area contributed by atoms with E-state index in [9.17, 15) is 5.11 Å². The Morgan fingerprint density at radius 1 is 0.974 bits per heavy atom. The first kappa shape index (κ1) is 26.7. The van der Waals surface area contributed by atoms with E-state index in [0.717, 1.165) is 33.2 Å². The third-order valence-corrected chi connectivity index (χ3v) is 7.43. The summed E-state index contributed by atoms with van der Waals surface area (Å²) in [5.74, 6) is 7.96. The summed E-state index contributed by atoms with van der Waals surface area (Å²) in [6, 6.07) is 26.1. The Balaban J connectivity index is 1.73. The van der Waals surface area contributed by atoms with Crippen LogP contribution in [0.1, 0.15) is 47.4 Å². The van der Waals surface area contributed by atoms with E-state index in [0.29, 0.717) is 30.5 Å². The van der Waals surface area contributed by atoms with Crippen LogP contribution in [0, 0.1) is 17.8 Å². The highest BCUT2D eigenvalue weighted by atomic mass is 16.5. The minimum absolute atomic E-state index is 0.459. The zero-order valence-corrected chi connectivity index (χ0v) is 23.1. The maximum atomic E-state index is 12.8. The predicted octanol–water partition coefficient (Wildman–Crippen LogP) is 5.98. The maximum Gasteiger partial charge on any atom is 0.217 e. The lowest BCUT2D eigenvalue weighted by molar-refractivity contribution is 0.00363. The van der Waals surface area contributed by atoms with Crippen LogP contribution >= 0.6 is 0 Å². The van der Waals surface area contributed by atoms with E-state index in [1.807, 2.05) is 68.7 Å². The molecule has 2 atom stereocenters. The van der Waals surface area contributed by atoms with Crippen LogP contribution in [0.4, 0.5) is 0 Å². The Bertz CT molecular complexity index is 1500. The quantitative estimate of drug-likeness (QED) is 0.275. The van der Waals surface area contributed by atoms with Crippen molar-refractivity contribution in [2.75, 3.05) is 34.9 Å². The van der Waals surface area contributed by atoms with Crippen LogP contribution in [0.15, 0.2) is 78.9 Å². The van der Waals surface area contributed by atoms with E-state index in [1.54, 1.807) is 14.2 Å². The van der Waals surface area contributed by atoms with Crippen molar-refractivity contribution in [3.8, 4) is 23.5 Å². The largest absolute Gasteiger partial charge is 0.497 e. The van der Waals surface area contributed by atoms with Gasteiger partial charge in [-0.05, 0) is 80.9 Å². The van der Waals surface area contributed by atoms with Crippen LogP contribution in [0.5, 0.6) is 11.6 Å². The van der Waals surface area contributed by atoms with E-state index in [1.165, 1.54) is 12.8 Å². The molecule has 1 fully saturated rings. The van der Waals surface area contributed by atoms with Gasteiger partial charge in [0.25, 0.3) is 0 Å². The zero-order chi connectivity index (χ0) is 27.4. The molecule has 1 heterocycles. The second kappa shape index (κ2) is 11.5. The molecule has 0 bridgehead atoms. The topological polar surface area (TPSA) is 54.8 Å². The van der Waals surface area contributed by atoms with Gasteiger partial charge in [0, 0.05) is 34.9 Å². The van der Waals surface area contributed by atoms with Crippen molar-refractivity contribution in [2.24, 2.45) is 5.92 Å². The summed E-state index contributed by atoms with van der Waals surface area (Å²) in [7, 11) is 7.32. The van der Waals surface area contributed by atoms with Gasteiger partial charge in [-0.15, -0.1) is 0 Å². The highest BCUT2D eigenvalue weighted by Gasteiger charge is 2.42. The SMILES string of the molecule is COc1cccc(C(O)(CCN(C)C)C(c2ccccc2)c2cc3cc(C#CC4CC4)ccc3nc2OC)c1. The molecule has 39 heavy (non-hydrogen) atoms. The summed E-state index contributed by atoms with van der Waals surface area (Å²) in [5, 5.41) is 13.8. The highest BCUT2D eigenvalue weighted by molar-refractivity contribution is 5.82. The minimum Gasteiger partial charge on any atom is -0.497 e. The van der Waals surface area contributed by atoms with E-state index >= 15 is 0 Å². The number of methoxy groups -OCH3 is 2. The monoisotopic (exact) mass is 520 g/mol. The van der Waals surface area contributed by atoms with Crippen LogP contribution in [-0.2, 0) is 5.60 Å². The summed E-state index contributed by atoms with van der Waals surface area (Å²) in [5.41, 5.74) is 3.10. The minimum atomic E-state index is -1.29. The molecule has 0 aliphatic heterocycles. The van der Waals surface area contributed by atoms with Gasteiger partial charge >= 0.3 is 0 Å². The number of rotatable bonds is 9. The van der Waals surface area contributed by atoms with Gasteiger partial charge in [-0.3, -0.25) is 0 Å². The van der Waals surface area contributed by atoms with Gasteiger partial charge in [-0.2, -0.15) is 0 Å². The molecule has 1 saturated carbocycles. The van der Waals surface area contributed by atoms with Crippen LogP contribution in [0.3, 0.4) is 0 Å². The maximum absolute atomic E-state index is 12.8. The fourth-order valence-electron chi connectivity index (χ4n) is 5.14. The number of fused-ring (bicyclic) bond motifs is 1. The average molecular weight is 521 g/mol. The Labute approximate surface area is 231 Å². The molecule has 200 valence electrons. The third kappa shape index (κ3) is 5.93. The van der Waals surface area contributed by atoms with Gasteiger partial charge in [0.15, 0.2) is 0 Å². The predicted molar refractivity (Wildman–Crippen MR) is 156 cm³/mol. The molecule has 0 amide bonds. The second-order valence-electron chi connectivity index (χ2n) is 10.6. The van der Waals surface area contributed by atoms with Crippen molar-refractivity contribution < 1.29 is 14.6 Å². The molecule has 2 unspecified atom stereocenters. The van der Waals surface area contributed by atoms with Gasteiger partial charge in [0.1, 0.15) is 11.4 Å². The number of nitrogens with zero attached hydrogens (tertiary/aromatic N) is 2. The van der Waals surface area contributed by atoms with Crippen LogP contribution < -0.4 is 9.47 Å². The van der Waals surface area contributed by atoms with Crippen LogP contribution in [0.25, 0.3) is 10.9 Å². The van der Waals surface area contributed by atoms with Crippen LogP contribution in [-0.4, -0.2) is 49.9 Å². The summed E-state index contributed by atoms with van der Waals surface area (Å²) < 4.78 is 11.4. The number of pyridine rings is 1. The molecule has 0 spiro atoms. The number of ether oxygens (including phenoxy) is 2. The van der Waals surface area contributed by atoms with Crippen molar-refractivity contribution in [3.05, 3.63) is 101 Å². The molecule has 4 aromatic rings. The molecule has 0 saturated heterocycles. The van der Waals surface area contributed by atoms with Gasteiger partial charge in [-0.25, -0.2) is 4.98 Å². The number of hydrogen-bond donors (Lipinski definition) is 1. The van der Waals surface area contributed by atoms with Crippen LogP contribution in [0.2, 0.25) is 0 Å². The van der Waals surface area contributed by atoms with Gasteiger partial charge in [-0.1, -0.05) is 54.3 Å². The summed E-state index contributed by atoms with van der Waals surface area (Å²) >= 11 is 0. The highest BCUT2D eigenvalue weighted by Crippen LogP contribution is 2.47. The lowest BCUT2D eigenvalue weighted by Crippen LogP contribution is -2.37. The molecule has 3 aromatic carbocycles. The molecule has 1 aromatic heterocycles. The Morgan fingerprint density at radius 3 is 2.46 bits per heavy atom. The summed E-state index contributed by atoms with van der Waals surface area (Å²) in [6.45, 7) is 0.682. The first-order chi connectivity index (χ1) is 18.9. The molecule has 1 N–H and O–H groups in total. The Morgan fingerprint density at radius 2 is 1.77 bits per heavy atom. The molecule has 5 nitrogen and oxygen atoms in total. The normalized spacial score (nSPS) is 15.3. The van der Waals surface area contributed by atoms with Gasteiger partial charge < -0.3 is 19.5 Å². The zero-order valence-electron chi connectivity index (χ0n) is 23.1. The third-order valence-electron chi connectivity index (χ3n) is 7.43. The van der Waals surface area contributed by atoms with Crippen molar-refractivity contribution in [2.45, 2.75) is 30.8 Å². The molecule has 5 heteroatoms. The lowest BCUT2D eigenvalue weighted by Gasteiger charge is -2.39. The average Bonchev–Trinajstić information content (AvgIpc) is 3.80. The summed E-state index contributed by atoms with van der Waals surface area (Å²) in [6.07, 6.45) is 2.87. The number of aliphatic hydroxyl groups is 1. The fourth-order valence-corrected chi connectivity index (χ4v) is 5.14. The first-order valence-electron chi connectivity index (χ1n) is 13.5. The van der Waals surface area contributed by atoms with E-state index in [-0.39, 0.29) is 0 Å². The van der Waals surface area contributed by atoms with Crippen molar-refractivity contribution in [1.29, 1.82) is 0 Å². The first-order valence-corrected chi connectivity index (χ1v) is 13.5. The van der Waals surface area contributed by atoms with Gasteiger partial charge in [0.2, 0.25) is 5.88 Å². The standard InChI is InChI=1S/C34H36N2O3/c1-36(2)20-19-34(37,28-11-8-12-29(23-28)38-3)32(26-9-6-5-7-10-26)30-22-27-21-25(16-15-24-13-14-24)17-18-31(27)35-33(30)39-4/h5-12,17-18,21-24,32,37H,13-14,19-20H2,1-4H3. The van der Waals surface area contributed by atoms with Gasteiger partial charge in [0.05, 0.1) is 19.7 Å². The molecular weight excluding hydrogens is 484 g/mol. The fraction of sp³-hybridized carbons (Fsp3) is 0.324. The Hall–Kier alpha value is -3.85. The molecule has 0 radical (unpaired) electrons. The van der Waals surface area contributed by atoms with Crippen molar-refractivity contribution in [1.82, 2.24) is 9.88 Å². The molecule has 1 aliphatic carbocycles. The smallest absolute Gasteiger partial charge is 0.217 e. The second-order valence-corrected chi connectivity index (χ2v) is 10.6.